The molecule has 0 aromatic rings. The van der Waals surface area contributed by atoms with Crippen molar-refractivity contribution in [2.75, 3.05) is 7.05 Å². The van der Waals surface area contributed by atoms with Gasteiger partial charge in [0, 0.05) is 7.05 Å². The minimum atomic E-state index is -1.27. The van der Waals surface area contributed by atoms with E-state index in [0.29, 0.717) is 6.42 Å². The molecular weight excluding hydrogens is 266 g/mol. The highest BCUT2D eigenvalue weighted by molar-refractivity contribution is 5.71. The van der Waals surface area contributed by atoms with Crippen LogP contribution in [0.3, 0.4) is 0 Å². The Balaban J connectivity index is 2.18. The van der Waals surface area contributed by atoms with Crippen LogP contribution in [0, 0.1) is 5.41 Å². The number of hydrogen-bond donors (Lipinski definition) is 1. The minimum absolute atomic E-state index is 0.207. The van der Waals surface area contributed by atoms with Gasteiger partial charge in [-0.15, -0.1) is 0 Å². The lowest BCUT2D eigenvalue weighted by molar-refractivity contribution is -0.133. The highest BCUT2D eigenvalue weighted by atomic mass is 16.6. The van der Waals surface area contributed by atoms with Crippen LogP contribution in [0.25, 0.3) is 0 Å². The van der Waals surface area contributed by atoms with Gasteiger partial charge in [-0.3, -0.25) is 4.90 Å². The van der Waals surface area contributed by atoms with Gasteiger partial charge in [0.15, 0.2) is 11.3 Å². The quantitative estimate of drug-likeness (QED) is 0.805. The molecule has 1 saturated heterocycles. The van der Waals surface area contributed by atoms with E-state index in [9.17, 15) is 9.90 Å². The molecule has 2 unspecified atom stereocenters. The van der Waals surface area contributed by atoms with Crippen molar-refractivity contribution in [3.8, 4) is 0 Å². The average molecular weight is 295 g/mol. The molecule has 1 N–H and O–H groups in total. The lowest BCUT2D eigenvalue weighted by atomic mass is 9.70. The van der Waals surface area contributed by atoms with Crippen LogP contribution in [0.15, 0.2) is 11.1 Å². The molecule has 1 heterocycles. The van der Waals surface area contributed by atoms with Crippen LogP contribution < -0.4 is 0 Å². The maximum Gasteiger partial charge on any atom is 0.412 e. The van der Waals surface area contributed by atoms with E-state index >= 15 is 0 Å². The summed E-state index contributed by atoms with van der Waals surface area (Å²) in [6.45, 7) is 10.3. The molecule has 0 bridgehead atoms. The summed E-state index contributed by atoms with van der Waals surface area (Å²) in [4.78, 5) is 13.1. The number of amides is 1. The Hall–Kier alpha value is -1.03. The molecular formula is C17H29NO3. The summed E-state index contributed by atoms with van der Waals surface area (Å²) in [5.74, 6) is 0. The largest absolute Gasteiger partial charge is 0.438 e. The third-order valence-corrected chi connectivity index (χ3v) is 5.78. The molecule has 4 nitrogen and oxygen atoms in total. The van der Waals surface area contributed by atoms with Gasteiger partial charge in [-0.1, -0.05) is 25.0 Å². The lowest BCUT2D eigenvalue weighted by Crippen LogP contribution is -2.53. The number of allylic oxidation sites excluding steroid dienone is 2. The topological polar surface area (TPSA) is 49.8 Å². The van der Waals surface area contributed by atoms with E-state index in [1.807, 2.05) is 6.92 Å². The van der Waals surface area contributed by atoms with E-state index in [1.54, 1.807) is 14.0 Å². The molecule has 2 rings (SSSR count). The van der Waals surface area contributed by atoms with Crippen molar-refractivity contribution in [1.29, 1.82) is 0 Å². The Labute approximate surface area is 128 Å². The van der Waals surface area contributed by atoms with Gasteiger partial charge in [0.2, 0.25) is 0 Å². The van der Waals surface area contributed by atoms with Gasteiger partial charge in [-0.2, -0.15) is 0 Å². The molecule has 1 aliphatic carbocycles. The molecule has 0 aromatic heterocycles. The normalized spacial score (nSPS) is 36.1. The number of ether oxygens (including phenoxy) is 1. The van der Waals surface area contributed by atoms with E-state index in [0.717, 1.165) is 12.8 Å². The molecule has 1 amide bonds. The predicted octanol–water partition coefficient (Wildman–Crippen LogP) is 3.84. The van der Waals surface area contributed by atoms with E-state index in [1.165, 1.54) is 28.9 Å². The highest BCUT2D eigenvalue weighted by Crippen LogP contribution is 2.46. The summed E-state index contributed by atoms with van der Waals surface area (Å²) in [5.41, 5.74) is 1.01. The van der Waals surface area contributed by atoms with E-state index < -0.39 is 17.4 Å². The van der Waals surface area contributed by atoms with Crippen molar-refractivity contribution in [2.45, 2.75) is 78.0 Å². The monoisotopic (exact) mass is 295 g/mol. The maximum atomic E-state index is 11.8. The third kappa shape index (κ3) is 2.59. The van der Waals surface area contributed by atoms with Crippen molar-refractivity contribution in [3.63, 3.8) is 0 Å². The zero-order valence-electron chi connectivity index (χ0n) is 14.2. The first-order valence-corrected chi connectivity index (χ1v) is 7.89. The molecule has 1 fully saturated rings. The van der Waals surface area contributed by atoms with Crippen LogP contribution in [0.4, 0.5) is 4.79 Å². The summed E-state index contributed by atoms with van der Waals surface area (Å²) in [6.07, 6.45) is 4.67. The first kappa shape index (κ1) is 16.3. The maximum absolute atomic E-state index is 11.8. The minimum Gasteiger partial charge on any atom is -0.438 e. The smallest absolute Gasteiger partial charge is 0.412 e. The molecule has 120 valence electrons. The van der Waals surface area contributed by atoms with Crippen LogP contribution in [-0.4, -0.2) is 34.5 Å². The first-order valence-electron chi connectivity index (χ1n) is 7.89. The van der Waals surface area contributed by atoms with E-state index in [2.05, 4.69) is 20.8 Å². The van der Waals surface area contributed by atoms with Crippen molar-refractivity contribution in [3.05, 3.63) is 11.1 Å². The van der Waals surface area contributed by atoms with Crippen LogP contribution in [-0.2, 0) is 4.74 Å². The summed E-state index contributed by atoms with van der Waals surface area (Å²) in [6, 6.07) is 0. The van der Waals surface area contributed by atoms with Gasteiger partial charge >= 0.3 is 6.09 Å². The van der Waals surface area contributed by atoms with Gasteiger partial charge in [0.1, 0.15) is 0 Å². The fourth-order valence-corrected chi connectivity index (χ4v) is 3.77. The number of carbonyl (C=O) groups is 1. The second-order valence-electron chi connectivity index (χ2n) is 7.67. The molecule has 0 spiro atoms. The number of cyclic esters (lactones) is 1. The highest BCUT2D eigenvalue weighted by Gasteiger charge is 2.57. The summed E-state index contributed by atoms with van der Waals surface area (Å²) >= 11 is 0. The zero-order valence-corrected chi connectivity index (χ0v) is 14.2. The van der Waals surface area contributed by atoms with Gasteiger partial charge in [-0.05, 0) is 58.3 Å². The fourth-order valence-electron chi connectivity index (χ4n) is 3.77. The number of carbonyl (C=O) groups excluding carboxylic acids is 1. The Morgan fingerprint density at radius 3 is 2.38 bits per heavy atom. The van der Waals surface area contributed by atoms with E-state index in [4.69, 9.17) is 4.74 Å². The second-order valence-corrected chi connectivity index (χ2v) is 7.67. The standard InChI is InChI=1S/C17H29NO3/c1-12-8-7-10-15(2,3)13(12)9-11-16(4)17(5,20)18(6)14(19)21-16/h20H,7-11H2,1-6H3. The van der Waals surface area contributed by atoms with Crippen molar-refractivity contribution < 1.29 is 14.6 Å². The Bertz CT molecular complexity index is 478. The Morgan fingerprint density at radius 2 is 1.90 bits per heavy atom. The summed E-state index contributed by atoms with van der Waals surface area (Å²) in [7, 11) is 1.59. The molecule has 0 radical (unpaired) electrons. The molecule has 2 aliphatic rings. The lowest BCUT2D eigenvalue weighted by Gasteiger charge is -2.39. The molecule has 0 saturated carbocycles. The number of aliphatic hydroxyl groups is 1. The summed E-state index contributed by atoms with van der Waals surface area (Å²) < 4.78 is 5.49. The van der Waals surface area contributed by atoms with Crippen LogP contribution in [0.5, 0.6) is 0 Å². The molecule has 0 aromatic carbocycles. The number of hydrogen-bond acceptors (Lipinski definition) is 3. The fraction of sp³-hybridized carbons (Fsp3) is 0.824. The van der Waals surface area contributed by atoms with Gasteiger partial charge < -0.3 is 9.84 Å². The zero-order chi connectivity index (χ0) is 16.1. The Morgan fingerprint density at radius 1 is 1.29 bits per heavy atom. The third-order valence-electron chi connectivity index (χ3n) is 5.78. The van der Waals surface area contributed by atoms with E-state index in [-0.39, 0.29) is 5.41 Å². The summed E-state index contributed by atoms with van der Waals surface area (Å²) in [5, 5.41) is 10.6. The van der Waals surface area contributed by atoms with Crippen LogP contribution in [0.1, 0.15) is 66.7 Å². The van der Waals surface area contributed by atoms with Gasteiger partial charge in [0.25, 0.3) is 0 Å². The van der Waals surface area contributed by atoms with Crippen molar-refractivity contribution in [1.82, 2.24) is 4.90 Å². The molecule has 2 atom stereocenters. The second kappa shape index (κ2) is 5.01. The predicted molar refractivity (Wildman–Crippen MR) is 82.8 cm³/mol. The average Bonchev–Trinajstić information content (AvgIpc) is 2.49. The first-order chi connectivity index (χ1) is 9.51. The SMILES string of the molecule is CC1=C(CCC2(C)OC(=O)N(C)C2(C)O)C(C)(C)CCC1. The van der Waals surface area contributed by atoms with Crippen LogP contribution >= 0.6 is 0 Å². The number of nitrogens with zero attached hydrogens (tertiary/aromatic N) is 1. The Kier molecular flexibility index (Phi) is 3.90. The van der Waals surface area contributed by atoms with Crippen molar-refractivity contribution in [2.24, 2.45) is 5.41 Å². The molecule has 4 heteroatoms. The van der Waals surface area contributed by atoms with Gasteiger partial charge in [-0.25, -0.2) is 4.79 Å². The number of likely N-dealkylation sites (N-methyl/N-ethyl adjacent to an activating group) is 1. The van der Waals surface area contributed by atoms with Crippen molar-refractivity contribution >= 4 is 6.09 Å². The molecule has 21 heavy (non-hydrogen) atoms. The number of rotatable bonds is 3. The van der Waals surface area contributed by atoms with Crippen LogP contribution in [0.2, 0.25) is 0 Å². The van der Waals surface area contributed by atoms with Gasteiger partial charge in [0.05, 0.1) is 0 Å². The molecule has 1 aliphatic heterocycles.